The molecule has 0 saturated carbocycles. The van der Waals surface area contributed by atoms with Crippen molar-refractivity contribution in [1.82, 2.24) is 4.90 Å². The van der Waals surface area contributed by atoms with Gasteiger partial charge >= 0.3 is 6.09 Å². The molecular weight excluding hydrogens is 388 g/mol. The first kappa shape index (κ1) is 19.5. The minimum atomic E-state index is -3.17. The second-order valence-electron chi connectivity index (χ2n) is 8.67. The van der Waals surface area contributed by atoms with E-state index in [2.05, 4.69) is 12.1 Å². The maximum absolute atomic E-state index is 14.3. The minimum absolute atomic E-state index is 0.0693. The first-order chi connectivity index (χ1) is 14.5. The number of fused-ring (bicyclic) bond motifs is 5. The van der Waals surface area contributed by atoms with Crippen LogP contribution in [0.4, 0.5) is 13.6 Å². The number of rotatable bonds is 2. The number of benzene rings is 2. The molecule has 5 rings (SSSR count). The Bertz CT molecular complexity index is 917. The number of carbonyl (C=O) groups is 1. The molecule has 0 aromatic heterocycles. The van der Waals surface area contributed by atoms with E-state index in [1.165, 1.54) is 4.90 Å². The van der Waals surface area contributed by atoms with Gasteiger partial charge in [-0.15, -0.1) is 0 Å². The van der Waals surface area contributed by atoms with Gasteiger partial charge in [0.1, 0.15) is 12.7 Å². The van der Waals surface area contributed by atoms with Crippen molar-refractivity contribution in [3.8, 4) is 11.1 Å². The second kappa shape index (κ2) is 7.34. The average molecular weight is 413 g/mol. The smallest absolute Gasteiger partial charge is 0.410 e. The standard InChI is InChI=1S/C24H25F2NO3/c25-24(26)13-16-7-5-6-15(12-22(24)28)27(16)23(29)30-14-21-19-10-3-1-8-17(19)18-9-2-4-11-20(18)21/h1-4,8-11,15-16,21-22,28H,5-7,12-14H2. The number of ether oxygens (including phenoxy) is 1. The summed E-state index contributed by atoms with van der Waals surface area (Å²) in [7, 11) is 0. The molecule has 1 N–H and O–H groups in total. The summed E-state index contributed by atoms with van der Waals surface area (Å²) in [6.45, 7) is 0.168. The molecule has 2 heterocycles. The van der Waals surface area contributed by atoms with Gasteiger partial charge in [-0.25, -0.2) is 13.6 Å². The number of piperidine rings is 1. The van der Waals surface area contributed by atoms with E-state index in [4.69, 9.17) is 4.74 Å². The molecule has 158 valence electrons. The lowest BCUT2D eigenvalue weighted by molar-refractivity contribution is -0.114. The van der Waals surface area contributed by atoms with Gasteiger partial charge in [0.05, 0.1) is 0 Å². The van der Waals surface area contributed by atoms with E-state index in [9.17, 15) is 18.7 Å². The van der Waals surface area contributed by atoms with Crippen LogP contribution in [0.1, 0.15) is 49.1 Å². The first-order valence-electron chi connectivity index (χ1n) is 10.6. The molecule has 2 fully saturated rings. The molecule has 30 heavy (non-hydrogen) atoms. The van der Waals surface area contributed by atoms with Crippen molar-refractivity contribution in [3.05, 3.63) is 59.7 Å². The molecule has 1 amide bonds. The van der Waals surface area contributed by atoms with Gasteiger partial charge in [0.15, 0.2) is 0 Å². The molecular formula is C24H25F2NO3. The van der Waals surface area contributed by atoms with Gasteiger partial charge in [-0.3, -0.25) is 0 Å². The van der Waals surface area contributed by atoms with Crippen molar-refractivity contribution in [1.29, 1.82) is 0 Å². The SMILES string of the molecule is O=C(OCC1c2ccccc2-c2ccccc21)N1C2CCCC1CC(F)(F)C(O)C2. The molecule has 2 saturated heterocycles. The fraction of sp³-hybridized carbons (Fsp3) is 0.458. The Hall–Kier alpha value is -2.47. The number of carbonyl (C=O) groups excluding carboxylic acids is 1. The maximum atomic E-state index is 14.3. The molecule has 0 spiro atoms. The molecule has 3 aliphatic rings. The number of aliphatic hydroxyl groups excluding tert-OH is 1. The van der Waals surface area contributed by atoms with Crippen LogP contribution in [-0.2, 0) is 4.74 Å². The highest BCUT2D eigenvalue weighted by Gasteiger charge is 2.50. The highest BCUT2D eigenvalue weighted by atomic mass is 19.3. The van der Waals surface area contributed by atoms with Crippen molar-refractivity contribution in [2.24, 2.45) is 0 Å². The molecule has 2 aromatic rings. The van der Waals surface area contributed by atoms with E-state index in [0.29, 0.717) is 12.8 Å². The van der Waals surface area contributed by atoms with Gasteiger partial charge in [0.25, 0.3) is 5.92 Å². The minimum Gasteiger partial charge on any atom is -0.448 e. The van der Waals surface area contributed by atoms with Crippen molar-refractivity contribution < 1.29 is 23.4 Å². The molecule has 3 atom stereocenters. The number of amides is 1. The fourth-order valence-electron chi connectivity index (χ4n) is 5.44. The summed E-state index contributed by atoms with van der Waals surface area (Å²) in [5, 5.41) is 9.96. The fourth-order valence-corrected chi connectivity index (χ4v) is 5.44. The van der Waals surface area contributed by atoms with E-state index in [0.717, 1.165) is 28.7 Å². The third-order valence-corrected chi connectivity index (χ3v) is 6.90. The van der Waals surface area contributed by atoms with Crippen LogP contribution >= 0.6 is 0 Å². The maximum Gasteiger partial charge on any atom is 0.410 e. The summed E-state index contributed by atoms with van der Waals surface area (Å²) in [5.74, 6) is -3.24. The Labute approximate surface area is 174 Å². The lowest BCUT2D eigenvalue weighted by atomic mass is 9.95. The average Bonchev–Trinajstić information content (AvgIpc) is 3.03. The van der Waals surface area contributed by atoms with Gasteiger partial charge in [-0.05, 0) is 47.9 Å². The zero-order valence-electron chi connectivity index (χ0n) is 16.6. The van der Waals surface area contributed by atoms with Gasteiger partial charge < -0.3 is 14.7 Å². The second-order valence-corrected chi connectivity index (χ2v) is 8.67. The third kappa shape index (κ3) is 3.18. The van der Waals surface area contributed by atoms with Crippen LogP contribution in [0.25, 0.3) is 11.1 Å². The van der Waals surface area contributed by atoms with Crippen molar-refractivity contribution in [2.75, 3.05) is 6.61 Å². The number of hydrogen-bond acceptors (Lipinski definition) is 3. The molecule has 4 nitrogen and oxygen atoms in total. The predicted molar refractivity (Wildman–Crippen MR) is 109 cm³/mol. The van der Waals surface area contributed by atoms with Gasteiger partial charge in [-0.2, -0.15) is 0 Å². The van der Waals surface area contributed by atoms with E-state index in [-0.39, 0.29) is 18.9 Å². The summed E-state index contributed by atoms with van der Waals surface area (Å²) in [4.78, 5) is 14.5. The molecule has 0 radical (unpaired) electrons. The number of hydrogen-bond donors (Lipinski definition) is 1. The Morgan fingerprint density at radius 1 is 1.03 bits per heavy atom. The summed E-state index contributed by atoms with van der Waals surface area (Å²) < 4.78 is 34.3. The Balaban J connectivity index is 1.36. The molecule has 2 aliphatic heterocycles. The summed E-state index contributed by atoms with van der Waals surface area (Å²) in [6, 6.07) is 15.2. The van der Waals surface area contributed by atoms with Crippen LogP contribution in [0.3, 0.4) is 0 Å². The van der Waals surface area contributed by atoms with Crippen molar-refractivity contribution in [2.45, 2.75) is 62.1 Å². The van der Waals surface area contributed by atoms with E-state index < -0.39 is 36.6 Å². The van der Waals surface area contributed by atoms with Crippen LogP contribution in [0, 0.1) is 0 Å². The third-order valence-electron chi connectivity index (χ3n) is 6.90. The van der Waals surface area contributed by atoms with Crippen LogP contribution < -0.4 is 0 Å². The van der Waals surface area contributed by atoms with E-state index >= 15 is 0 Å². The highest BCUT2D eigenvalue weighted by Crippen LogP contribution is 2.45. The van der Waals surface area contributed by atoms with Crippen LogP contribution in [0.2, 0.25) is 0 Å². The number of alkyl halides is 2. The molecule has 3 unspecified atom stereocenters. The lowest BCUT2D eigenvalue weighted by Crippen LogP contribution is -2.50. The summed E-state index contributed by atoms with van der Waals surface area (Å²) in [5.41, 5.74) is 4.51. The zero-order valence-corrected chi connectivity index (χ0v) is 16.6. The molecule has 2 aromatic carbocycles. The molecule has 2 bridgehead atoms. The predicted octanol–water partition coefficient (Wildman–Crippen LogP) is 4.95. The number of halogens is 2. The number of aliphatic hydroxyl groups is 1. The van der Waals surface area contributed by atoms with Crippen LogP contribution in [0.15, 0.2) is 48.5 Å². The van der Waals surface area contributed by atoms with E-state index in [1.54, 1.807) is 0 Å². The van der Waals surface area contributed by atoms with Gasteiger partial charge in [0.2, 0.25) is 0 Å². The number of nitrogens with zero attached hydrogens (tertiary/aromatic N) is 1. The highest BCUT2D eigenvalue weighted by molar-refractivity contribution is 5.79. The Kier molecular flexibility index (Phi) is 4.77. The quantitative estimate of drug-likeness (QED) is 0.758. The van der Waals surface area contributed by atoms with Gasteiger partial charge in [0, 0.05) is 24.4 Å². The first-order valence-corrected chi connectivity index (χ1v) is 10.6. The molecule has 1 aliphatic carbocycles. The zero-order chi connectivity index (χ0) is 20.9. The summed E-state index contributed by atoms with van der Waals surface area (Å²) >= 11 is 0. The Morgan fingerprint density at radius 2 is 1.63 bits per heavy atom. The van der Waals surface area contributed by atoms with Crippen molar-refractivity contribution >= 4 is 6.09 Å². The van der Waals surface area contributed by atoms with Crippen LogP contribution in [0.5, 0.6) is 0 Å². The largest absolute Gasteiger partial charge is 0.448 e. The van der Waals surface area contributed by atoms with Gasteiger partial charge in [-0.1, -0.05) is 48.5 Å². The Morgan fingerprint density at radius 3 is 2.30 bits per heavy atom. The topological polar surface area (TPSA) is 49.8 Å². The van der Waals surface area contributed by atoms with Crippen LogP contribution in [-0.4, -0.2) is 46.8 Å². The molecule has 6 heteroatoms. The van der Waals surface area contributed by atoms with E-state index in [1.807, 2.05) is 36.4 Å². The summed E-state index contributed by atoms with van der Waals surface area (Å²) in [6.07, 6.45) is -0.948. The van der Waals surface area contributed by atoms with Crippen molar-refractivity contribution in [3.63, 3.8) is 0 Å². The monoisotopic (exact) mass is 413 g/mol. The normalized spacial score (nSPS) is 27.2. The lowest BCUT2D eigenvalue weighted by Gasteiger charge is -2.39.